The molecule has 0 saturated heterocycles. The van der Waals surface area contributed by atoms with Gasteiger partial charge in [0, 0.05) is 104 Å². The van der Waals surface area contributed by atoms with Crippen LogP contribution in [0.3, 0.4) is 0 Å². The third-order valence-corrected chi connectivity index (χ3v) is 26.1. The van der Waals surface area contributed by atoms with Crippen molar-refractivity contribution in [3.8, 4) is 67.5 Å². The summed E-state index contributed by atoms with van der Waals surface area (Å²) in [5.74, 6) is 0. The van der Waals surface area contributed by atoms with E-state index < -0.39 is 0 Å². The van der Waals surface area contributed by atoms with Crippen LogP contribution in [-0.4, -0.2) is 27.4 Å². The third kappa shape index (κ3) is 9.95. The number of hydrogen-bond donors (Lipinski definition) is 0. The van der Waals surface area contributed by atoms with Gasteiger partial charge in [-0.1, -0.05) is 263 Å². The standard InChI is InChI=1S/C57H39N3.C56H35N3/c1-57(2)49-18-8-3-13-41(49)42-30-29-40(35-50(42)57)60-54-22-12-7-17-46(54)48-34-37(24-32-56(48)60)36-23-31-55-47(33-36)45-16-6-11-21-53(45)59(55)39-27-25-38(26-28-39)58-51-19-9-4-14-43(51)44-15-5-10-20-52(44)58;1-2-14-41-38(13-1)35-56(43-16-4-3-15-42(41)43)59-53-24-12-8-20-47(53)49-34-37(26-32-55(49)59)36-25-31-54-48(33-36)46-19-7-11-23-52(46)58(54)40-29-27-39(28-30-40)57-50-21-9-5-17-44(50)45-18-6-10-22-51(45)57/h3-35H,1-2H3;1-35H. The highest BCUT2D eigenvalue weighted by Crippen LogP contribution is 2.51. The van der Waals surface area contributed by atoms with Crippen LogP contribution >= 0.6 is 0 Å². The molecule has 6 nitrogen and oxygen atoms in total. The number of nitrogens with zero attached hydrogens (tertiary/aromatic N) is 6. The van der Waals surface area contributed by atoms with Crippen LogP contribution in [0.25, 0.3) is 220 Å². The first-order valence-corrected chi connectivity index (χ1v) is 41.3. The average molecular weight is 1520 g/mol. The van der Waals surface area contributed by atoms with Crippen molar-refractivity contribution < 1.29 is 0 Å². The second kappa shape index (κ2) is 25.8. The highest BCUT2D eigenvalue weighted by atomic mass is 15.0. The molecule has 26 rings (SSSR count). The fourth-order valence-corrected chi connectivity index (χ4v) is 20.7. The number of rotatable bonds is 8. The number of para-hydroxylation sites is 8. The van der Waals surface area contributed by atoms with Gasteiger partial charge in [-0.2, -0.15) is 0 Å². The minimum Gasteiger partial charge on any atom is -0.309 e. The molecule has 0 saturated carbocycles. The Morgan fingerprint density at radius 1 is 0.160 bits per heavy atom. The molecule has 0 spiro atoms. The van der Waals surface area contributed by atoms with Gasteiger partial charge in [-0.3, -0.25) is 0 Å². The van der Waals surface area contributed by atoms with Gasteiger partial charge in [0.2, 0.25) is 0 Å². The predicted octanol–water partition coefficient (Wildman–Crippen LogP) is 29.9. The zero-order chi connectivity index (χ0) is 78.3. The summed E-state index contributed by atoms with van der Waals surface area (Å²) in [6.07, 6.45) is 0. The molecule has 0 unspecified atom stereocenters. The SMILES string of the molecule is CC1(C)c2ccccc2-c2ccc(-n3c4ccccc4c4cc(-c5ccc6c(c5)c5ccccc5n6-c5ccc(-n6c7ccccc7c7ccccc76)cc5)ccc43)cc21.c1ccc2c(c1)cc(-n1c3ccccc3c3cc(-c4ccc5c(c4)c4ccccc4n5-c4ccc(-n5c6ccccc6c6ccccc65)cc4)ccc31)c1ccccc12. The summed E-state index contributed by atoms with van der Waals surface area (Å²) in [6, 6.07) is 152. The molecule has 119 heavy (non-hydrogen) atoms. The summed E-state index contributed by atoms with van der Waals surface area (Å²) >= 11 is 0. The number of aromatic nitrogens is 6. The summed E-state index contributed by atoms with van der Waals surface area (Å²) < 4.78 is 14.5. The molecule has 0 radical (unpaired) electrons. The van der Waals surface area contributed by atoms with Crippen LogP contribution < -0.4 is 0 Å². The van der Waals surface area contributed by atoms with Gasteiger partial charge in [0.1, 0.15) is 0 Å². The minimum absolute atomic E-state index is 0.0629. The van der Waals surface area contributed by atoms with E-state index in [0.29, 0.717) is 0 Å². The molecule has 6 aromatic heterocycles. The van der Waals surface area contributed by atoms with Gasteiger partial charge < -0.3 is 27.4 Å². The Labute approximate surface area is 685 Å². The lowest BCUT2D eigenvalue weighted by molar-refractivity contribution is 0.660. The fourth-order valence-electron chi connectivity index (χ4n) is 20.7. The number of benzene rings is 19. The summed E-state index contributed by atoms with van der Waals surface area (Å²) in [6.45, 7) is 4.72. The van der Waals surface area contributed by atoms with Gasteiger partial charge in [0.25, 0.3) is 0 Å². The van der Waals surface area contributed by atoms with Crippen molar-refractivity contribution in [2.45, 2.75) is 19.3 Å². The maximum absolute atomic E-state index is 2.46. The number of hydrogen-bond acceptors (Lipinski definition) is 0. The van der Waals surface area contributed by atoms with E-state index in [4.69, 9.17) is 0 Å². The molecule has 1 aliphatic rings. The maximum atomic E-state index is 2.46. The Morgan fingerprint density at radius 2 is 0.412 bits per heavy atom. The van der Waals surface area contributed by atoms with E-state index in [9.17, 15) is 0 Å². The van der Waals surface area contributed by atoms with Crippen molar-refractivity contribution in [2.75, 3.05) is 0 Å². The van der Waals surface area contributed by atoms with Gasteiger partial charge in [0.15, 0.2) is 0 Å². The molecule has 25 aromatic rings. The van der Waals surface area contributed by atoms with Gasteiger partial charge in [0.05, 0.1) is 71.9 Å². The van der Waals surface area contributed by atoms with Crippen LogP contribution in [0.1, 0.15) is 25.0 Å². The molecule has 19 aromatic carbocycles. The molecule has 1 aliphatic carbocycles. The van der Waals surface area contributed by atoms with Gasteiger partial charge >= 0.3 is 0 Å². The Bertz CT molecular complexity index is 8470. The summed E-state index contributed by atoms with van der Waals surface area (Å²) in [5.41, 5.74) is 31.8. The molecule has 556 valence electrons. The topological polar surface area (TPSA) is 29.6 Å². The average Bonchev–Trinajstić information content (AvgIpc) is 1.59. The van der Waals surface area contributed by atoms with Crippen LogP contribution in [0, 0.1) is 0 Å². The molecule has 0 bridgehead atoms. The van der Waals surface area contributed by atoms with E-state index in [1.54, 1.807) is 0 Å². The van der Waals surface area contributed by atoms with Crippen LogP contribution in [0.4, 0.5) is 0 Å². The highest BCUT2D eigenvalue weighted by Gasteiger charge is 2.36. The largest absolute Gasteiger partial charge is 0.309 e. The zero-order valence-electron chi connectivity index (χ0n) is 65.4. The monoisotopic (exact) mass is 1510 g/mol. The minimum atomic E-state index is -0.0629. The third-order valence-electron chi connectivity index (χ3n) is 26.1. The maximum Gasteiger partial charge on any atom is 0.0546 e. The van der Waals surface area contributed by atoms with Crippen molar-refractivity contribution >= 4 is 152 Å². The first-order chi connectivity index (χ1) is 58.8. The lowest BCUT2D eigenvalue weighted by Gasteiger charge is -2.22. The van der Waals surface area contributed by atoms with E-state index in [0.717, 1.165) is 22.7 Å². The van der Waals surface area contributed by atoms with Gasteiger partial charge in [-0.15, -0.1) is 0 Å². The molecule has 0 amide bonds. The summed E-state index contributed by atoms with van der Waals surface area (Å²) in [4.78, 5) is 0. The van der Waals surface area contributed by atoms with E-state index >= 15 is 0 Å². The summed E-state index contributed by atoms with van der Waals surface area (Å²) in [7, 11) is 0. The van der Waals surface area contributed by atoms with Gasteiger partial charge in [-0.05, 0) is 224 Å². The molecular formula is C113H74N6. The van der Waals surface area contributed by atoms with Crippen LogP contribution in [0.5, 0.6) is 0 Å². The Kier molecular flexibility index (Phi) is 14.5. The van der Waals surface area contributed by atoms with E-state index in [1.165, 1.54) is 208 Å². The first-order valence-electron chi connectivity index (χ1n) is 41.3. The van der Waals surface area contributed by atoms with E-state index in [-0.39, 0.29) is 5.41 Å². The zero-order valence-corrected chi connectivity index (χ0v) is 65.4. The van der Waals surface area contributed by atoms with E-state index in [2.05, 4.69) is 454 Å². The fraction of sp³-hybridized carbons (Fsp3) is 0.0265. The highest BCUT2D eigenvalue weighted by molar-refractivity contribution is 6.19. The van der Waals surface area contributed by atoms with Crippen molar-refractivity contribution in [1.82, 2.24) is 27.4 Å². The Hall–Kier alpha value is -15.5. The molecule has 0 aliphatic heterocycles. The van der Waals surface area contributed by atoms with Crippen molar-refractivity contribution in [2.24, 2.45) is 0 Å². The van der Waals surface area contributed by atoms with Gasteiger partial charge in [-0.25, -0.2) is 0 Å². The molecular weight excluding hydrogens is 1440 g/mol. The quantitative estimate of drug-likeness (QED) is 0.136. The molecule has 0 N–H and O–H groups in total. The summed E-state index contributed by atoms with van der Waals surface area (Å²) in [5, 5.41) is 20.2. The number of fused-ring (bicyclic) bond motifs is 24. The van der Waals surface area contributed by atoms with E-state index in [1.807, 2.05) is 0 Å². The van der Waals surface area contributed by atoms with Crippen LogP contribution in [-0.2, 0) is 5.41 Å². The van der Waals surface area contributed by atoms with Crippen molar-refractivity contribution in [1.29, 1.82) is 0 Å². The second-order valence-electron chi connectivity index (χ2n) is 32.7. The van der Waals surface area contributed by atoms with Crippen molar-refractivity contribution in [3.63, 3.8) is 0 Å². The second-order valence-corrected chi connectivity index (χ2v) is 32.7. The van der Waals surface area contributed by atoms with Crippen molar-refractivity contribution in [3.05, 3.63) is 424 Å². The molecule has 0 fully saturated rings. The Morgan fingerprint density at radius 3 is 0.782 bits per heavy atom. The first kappa shape index (κ1) is 66.9. The smallest absolute Gasteiger partial charge is 0.0546 e. The molecule has 0 atom stereocenters. The molecule has 6 heterocycles. The molecule has 6 heteroatoms. The lowest BCUT2D eigenvalue weighted by Crippen LogP contribution is -2.15. The Balaban J connectivity index is 0.000000132. The predicted molar refractivity (Wildman–Crippen MR) is 502 cm³/mol. The van der Waals surface area contributed by atoms with Crippen LogP contribution in [0.15, 0.2) is 413 Å². The normalized spacial score (nSPS) is 12.7. The lowest BCUT2D eigenvalue weighted by atomic mass is 9.82. The van der Waals surface area contributed by atoms with Crippen LogP contribution in [0.2, 0.25) is 0 Å².